The van der Waals surface area contributed by atoms with E-state index in [1.807, 2.05) is 0 Å². The van der Waals surface area contributed by atoms with Gasteiger partial charge in [0.25, 0.3) is 11.8 Å². The Morgan fingerprint density at radius 1 is 1.30 bits per heavy atom. The number of nitrogens with zero attached hydrogens (tertiary/aromatic N) is 1. The molecule has 27 heavy (non-hydrogen) atoms. The molecule has 1 saturated heterocycles. The standard InChI is InChI=1S/C19H24N2O6/c1-18(2,3)19(26,17(24)25)14-16(23)21(8-9-27-14)12-4-5-13-11(10-12)6-7-20-15(13)22/h4-5,10,14,26H,6-9H2,1-3H3,(H,20,22)(H,24,25)/t14-,19+/m0/s1. The normalized spacial score (nSPS) is 22.7. The van der Waals surface area contributed by atoms with E-state index in [1.165, 1.54) is 4.90 Å². The number of aliphatic carboxylic acids is 1. The number of fused-ring (bicyclic) bond motifs is 1. The summed E-state index contributed by atoms with van der Waals surface area (Å²) >= 11 is 0. The molecule has 0 bridgehead atoms. The van der Waals surface area contributed by atoms with E-state index < -0.39 is 29.0 Å². The van der Waals surface area contributed by atoms with Gasteiger partial charge in [-0.05, 0) is 30.2 Å². The van der Waals surface area contributed by atoms with Crippen LogP contribution >= 0.6 is 0 Å². The highest BCUT2D eigenvalue weighted by atomic mass is 16.5. The Morgan fingerprint density at radius 3 is 2.63 bits per heavy atom. The summed E-state index contributed by atoms with van der Waals surface area (Å²) in [4.78, 5) is 38.2. The molecule has 3 N–H and O–H groups in total. The summed E-state index contributed by atoms with van der Waals surface area (Å²) in [6, 6.07) is 5.08. The van der Waals surface area contributed by atoms with Crippen LogP contribution in [0.3, 0.4) is 0 Å². The van der Waals surface area contributed by atoms with Crippen molar-refractivity contribution in [1.82, 2.24) is 5.32 Å². The largest absolute Gasteiger partial charge is 0.479 e. The Balaban J connectivity index is 1.96. The fourth-order valence-corrected chi connectivity index (χ4v) is 3.55. The Morgan fingerprint density at radius 2 is 2.00 bits per heavy atom. The fourth-order valence-electron chi connectivity index (χ4n) is 3.55. The van der Waals surface area contributed by atoms with Gasteiger partial charge in [-0.15, -0.1) is 0 Å². The van der Waals surface area contributed by atoms with E-state index in [0.717, 1.165) is 5.56 Å². The monoisotopic (exact) mass is 376 g/mol. The predicted octanol–water partition coefficient (Wildman–Crippen LogP) is 0.566. The molecule has 1 fully saturated rings. The first kappa shape index (κ1) is 19.3. The van der Waals surface area contributed by atoms with E-state index in [0.29, 0.717) is 24.2 Å². The lowest BCUT2D eigenvalue weighted by atomic mass is 9.72. The average Bonchev–Trinajstić information content (AvgIpc) is 2.60. The number of carbonyl (C=O) groups is 3. The molecule has 0 spiro atoms. The second-order valence-corrected chi connectivity index (χ2v) is 7.91. The van der Waals surface area contributed by atoms with Crippen LogP contribution in [-0.2, 0) is 20.7 Å². The van der Waals surface area contributed by atoms with Gasteiger partial charge in [0, 0.05) is 29.8 Å². The van der Waals surface area contributed by atoms with Gasteiger partial charge in [0.2, 0.25) is 5.60 Å². The molecule has 2 atom stereocenters. The van der Waals surface area contributed by atoms with Crippen molar-refractivity contribution >= 4 is 23.5 Å². The van der Waals surface area contributed by atoms with Crippen LogP contribution in [0, 0.1) is 5.41 Å². The Bertz CT molecular complexity index is 800. The van der Waals surface area contributed by atoms with E-state index in [2.05, 4.69) is 5.32 Å². The fraction of sp³-hybridized carbons (Fsp3) is 0.526. The minimum atomic E-state index is -2.38. The Labute approximate surface area is 157 Å². The van der Waals surface area contributed by atoms with Gasteiger partial charge in [-0.2, -0.15) is 0 Å². The van der Waals surface area contributed by atoms with Gasteiger partial charge in [0.1, 0.15) is 0 Å². The molecule has 8 heteroatoms. The van der Waals surface area contributed by atoms with Gasteiger partial charge in [-0.3, -0.25) is 9.59 Å². The second kappa shape index (κ2) is 6.61. The molecular weight excluding hydrogens is 352 g/mol. The van der Waals surface area contributed by atoms with E-state index >= 15 is 0 Å². The minimum Gasteiger partial charge on any atom is -0.479 e. The van der Waals surface area contributed by atoms with Crippen LogP contribution in [0.25, 0.3) is 0 Å². The van der Waals surface area contributed by atoms with Crippen LogP contribution in [0.1, 0.15) is 36.7 Å². The average molecular weight is 376 g/mol. The van der Waals surface area contributed by atoms with E-state index in [4.69, 9.17) is 4.74 Å². The molecule has 8 nitrogen and oxygen atoms in total. The number of amides is 2. The third kappa shape index (κ3) is 3.08. The summed E-state index contributed by atoms with van der Waals surface area (Å²) in [7, 11) is 0. The number of morpholine rings is 1. The van der Waals surface area contributed by atoms with Crippen molar-refractivity contribution in [2.24, 2.45) is 5.41 Å². The maximum Gasteiger partial charge on any atom is 0.339 e. The third-order valence-electron chi connectivity index (χ3n) is 5.26. The summed E-state index contributed by atoms with van der Waals surface area (Å²) in [5, 5.41) is 23.3. The topological polar surface area (TPSA) is 116 Å². The number of carboxylic acid groups (broad SMARTS) is 1. The van der Waals surface area contributed by atoms with Crippen molar-refractivity contribution in [2.45, 2.75) is 38.9 Å². The number of carboxylic acids is 1. The Hall–Kier alpha value is -2.45. The first-order valence-corrected chi connectivity index (χ1v) is 8.87. The third-order valence-corrected chi connectivity index (χ3v) is 5.26. The molecule has 1 aromatic carbocycles. The number of aliphatic hydroxyl groups is 1. The van der Waals surface area contributed by atoms with Gasteiger partial charge in [0.15, 0.2) is 6.10 Å². The molecule has 0 saturated carbocycles. The molecule has 2 aliphatic heterocycles. The number of nitrogens with one attached hydrogen (secondary N) is 1. The summed E-state index contributed by atoms with van der Waals surface area (Å²) < 4.78 is 5.44. The molecule has 2 heterocycles. The van der Waals surface area contributed by atoms with E-state index in [1.54, 1.807) is 39.0 Å². The number of hydrogen-bond donors (Lipinski definition) is 3. The van der Waals surface area contributed by atoms with Crippen molar-refractivity contribution in [3.05, 3.63) is 29.3 Å². The molecule has 0 aromatic heterocycles. The second-order valence-electron chi connectivity index (χ2n) is 7.91. The lowest BCUT2D eigenvalue weighted by Crippen LogP contribution is -2.66. The maximum absolute atomic E-state index is 13.1. The van der Waals surface area contributed by atoms with Crippen LogP contribution in [0.2, 0.25) is 0 Å². The maximum atomic E-state index is 13.1. The summed E-state index contributed by atoms with van der Waals surface area (Å²) in [6.07, 6.45) is -0.874. The molecule has 146 valence electrons. The van der Waals surface area contributed by atoms with Gasteiger partial charge < -0.3 is 25.2 Å². The van der Waals surface area contributed by atoms with Gasteiger partial charge in [-0.25, -0.2) is 4.79 Å². The molecule has 0 radical (unpaired) electrons. The summed E-state index contributed by atoms with van der Waals surface area (Å²) in [5.74, 6) is -2.26. The zero-order chi connectivity index (χ0) is 20.0. The first-order chi connectivity index (χ1) is 12.6. The smallest absolute Gasteiger partial charge is 0.339 e. The van der Waals surface area contributed by atoms with Crippen LogP contribution in [0.15, 0.2) is 18.2 Å². The van der Waals surface area contributed by atoms with Crippen LogP contribution in [0.4, 0.5) is 5.69 Å². The van der Waals surface area contributed by atoms with Crippen LogP contribution in [-0.4, -0.2) is 59.4 Å². The minimum absolute atomic E-state index is 0.0969. The van der Waals surface area contributed by atoms with Crippen molar-refractivity contribution in [3.8, 4) is 0 Å². The van der Waals surface area contributed by atoms with Crippen molar-refractivity contribution < 1.29 is 29.3 Å². The molecule has 2 amide bonds. The number of carbonyl (C=O) groups excluding carboxylic acids is 2. The Kier molecular flexibility index (Phi) is 4.73. The van der Waals surface area contributed by atoms with Crippen molar-refractivity contribution in [1.29, 1.82) is 0 Å². The molecule has 2 aliphatic rings. The number of hydrogen-bond acceptors (Lipinski definition) is 5. The lowest BCUT2D eigenvalue weighted by molar-refractivity contribution is -0.203. The lowest BCUT2D eigenvalue weighted by Gasteiger charge is -2.44. The molecule has 1 aromatic rings. The SMILES string of the molecule is CC(C)(C)[C@](O)(C(=O)O)[C@H]1OCCN(c2ccc3c(c2)CCNC3=O)C1=O. The quantitative estimate of drug-likeness (QED) is 0.710. The zero-order valence-electron chi connectivity index (χ0n) is 15.6. The number of rotatable bonds is 3. The summed E-state index contributed by atoms with van der Waals surface area (Å²) in [6.45, 7) is 5.51. The number of ether oxygens (including phenoxy) is 1. The van der Waals surface area contributed by atoms with Gasteiger partial charge >= 0.3 is 5.97 Å². The van der Waals surface area contributed by atoms with E-state index in [9.17, 15) is 24.6 Å². The first-order valence-electron chi connectivity index (χ1n) is 8.87. The van der Waals surface area contributed by atoms with Crippen LogP contribution < -0.4 is 10.2 Å². The highest BCUT2D eigenvalue weighted by molar-refractivity contribution is 6.03. The summed E-state index contributed by atoms with van der Waals surface area (Å²) in [5.41, 5.74) is -1.55. The molecular formula is C19H24N2O6. The van der Waals surface area contributed by atoms with E-state index in [-0.39, 0.29) is 19.1 Å². The predicted molar refractivity (Wildman–Crippen MR) is 96.6 cm³/mol. The molecule has 3 rings (SSSR count). The van der Waals surface area contributed by atoms with Crippen molar-refractivity contribution in [2.75, 3.05) is 24.6 Å². The van der Waals surface area contributed by atoms with Gasteiger partial charge in [0.05, 0.1) is 6.61 Å². The number of anilines is 1. The zero-order valence-corrected chi connectivity index (χ0v) is 15.6. The molecule has 0 unspecified atom stereocenters. The highest BCUT2D eigenvalue weighted by Gasteiger charge is 2.59. The van der Waals surface area contributed by atoms with Gasteiger partial charge in [-0.1, -0.05) is 20.8 Å². The highest BCUT2D eigenvalue weighted by Crippen LogP contribution is 2.38. The van der Waals surface area contributed by atoms with Crippen molar-refractivity contribution in [3.63, 3.8) is 0 Å². The number of benzene rings is 1. The van der Waals surface area contributed by atoms with Crippen LogP contribution in [0.5, 0.6) is 0 Å². The molecule has 0 aliphatic carbocycles.